The van der Waals surface area contributed by atoms with Gasteiger partial charge in [0.2, 0.25) is 0 Å². The summed E-state index contributed by atoms with van der Waals surface area (Å²) >= 11 is 0. The molecule has 1 aliphatic rings. The number of nitrogens with zero attached hydrogens (tertiary/aromatic N) is 3. The topological polar surface area (TPSA) is 48.5 Å². The van der Waals surface area contributed by atoms with Crippen LogP contribution in [0, 0.1) is 0 Å². The van der Waals surface area contributed by atoms with Gasteiger partial charge < -0.3 is 15.1 Å². The predicted molar refractivity (Wildman–Crippen MR) is 81.0 cm³/mol. The van der Waals surface area contributed by atoms with Crippen LogP contribution in [0.15, 0.2) is 18.3 Å². The van der Waals surface area contributed by atoms with Gasteiger partial charge in [-0.15, -0.1) is 0 Å². The van der Waals surface area contributed by atoms with Gasteiger partial charge in [-0.1, -0.05) is 0 Å². The van der Waals surface area contributed by atoms with E-state index < -0.39 is 0 Å². The molecule has 1 unspecified atom stereocenters. The Morgan fingerprint density at radius 1 is 1.55 bits per heavy atom. The van der Waals surface area contributed by atoms with Gasteiger partial charge >= 0.3 is 0 Å². The second-order valence-corrected chi connectivity index (χ2v) is 5.49. The number of amides is 1. The molecule has 20 heavy (non-hydrogen) atoms. The molecule has 0 aromatic carbocycles. The molecule has 5 heteroatoms. The molecule has 2 rings (SSSR count). The van der Waals surface area contributed by atoms with Crippen molar-refractivity contribution in [2.75, 3.05) is 39.0 Å². The second kappa shape index (κ2) is 6.70. The Labute approximate surface area is 121 Å². The zero-order valence-electron chi connectivity index (χ0n) is 12.6. The summed E-state index contributed by atoms with van der Waals surface area (Å²) in [6, 6.07) is 4.00. The molecule has 0 spiro atoms. The summed E-state index contributed by atoms with van der Waals surface area (Å²) in [5.74, 6) is 0.786. The normalized spacial score (nSPS) is 18.6. The summed E-state index contributed by atoms with van der Waals surface area (Å²) in [4.78, 5) is 21.2. The molecule has 1 aromatic rings. The minimum atomic E-state index is 0.0957. The zero-order valence-corrected chi connectivity index (χ0v) is 12.6. The molecule has 5 nitrogen and oxygen atoms in total. The predicted octanol–water partition coefficient (Wildman–Crippen LogP) is 1.68. The van der Waals surface area contributed by atoms with E-state index in [1.54, 1.807) is 6.20 Å². The quantitative estimate of drug-likeness (QED) is 0.889. The lowest BCUT2D eigenvalue weighted by Gasteiger charge is -2.27. The number of nitrogens with one attached hydrogen (secondary N) is 1. The molecule has 1 aromatic heterocycles. The van der Waals surface area contributed by atoms with Crippen LogP contribution < -0.4 is 5.32 Å². The van der Waals surface area contributed by atoms with Crippen molar-refractivity contribution in [2.24, 2.45) is 0 Å². The van der Waals surface area contributed by atoms with Crippen molar-refractivity contribution < 1.29 is 4.79 Å². The molecule has 1 atom stereocenters. The average Bonchev–Trinajstić information content (AvgIpc) is 2.86. The van der Waals surface area contributed by atoms with Crippen molar-refractivity contribution in [1.82, 2.24) is 14.8 Å². The lowest BCUT2D eigenvalue weighted by atomic mass is 10.1. The smallest absolute Gasteiger partial charge is 0.257 e. The minimum absolute atomic E-state index is 0.0957. The van der Waals surface area contributed by atoms with Gasteiger partial charge in [0.05, 0.1) is 5.56 Å². The van der Waals surface area contributed by atoms with Crippen LogP contribution in [0.5, 0.6) is 0 Å². The molecule has 0 radical (unpaired) electrons. The number of rotatable bonds is 5. The van der Waals surface area contributed by atoms with Crippen LogP contribution in [-0.2, 0) is 0 Å². The van der Waals surface area contributed by atoms with Gasteiger partial charge in [-0.2, -0.15) is 0 Å². The summed E-state index contributed by atoms with van der Waals surface area (Å²) in [7, 11) is 4.10. The molecule has 0 aliphatic carbocycles. The van der Waals surface area contributed by atoms with E-state index in [-0.39, 0.29) is 5.91 Å². The fourth-order valence-corrected chi connectivity index (χ4v) is 2.76. The highest BCUT2D eigenvalue weighted by molar-refractivity contribution is 5.99. The number of aromatic nitrogens is 1. The second-order valence-electron chi connectivity index (χ2n) is 5.49. The van der Waals surface area contributed by atoms with E-state index in [0.717, 1.165) is 32.5 Å². The van der Waals surface area contributed by atoms with Gasteiger partial charge in [0.15, 0.2) is 0 Å². The number of likely N-dealkylation sites (tertiary alicyclic amines) is 1. The maximum atomic E-state index is 12.8. The standard InChI is InChI=1S/C15H24N4O/c1-4-16-14-13(8-5-9-17-14)15(20)19-10-6-7-12(19)11-18(2)3/h5,8-9,12H,4,6-7,10-11H2,1-3H3,(H,16,17). The minimum Gasteiger partial charge on any atom is -0.370 e. The third kappa shape index (κ3) is 3.28. The van der Waals surface area contributed by atoms with Crippen molar-refractivity contribution in [3.05, 3.63) is 23.9 Å². The van der Waals surface area contributed by atoms with E-state index in [2.05, 4.69) is 29.3 Å². The van der Waals surface area contributed by atoms with E-state index in [1.807, 2.05) is 24.0 Å². The van der Waals surface area contributed by atoms with Crippen LogP contribution in [-0.4, -0.2) is 60.5 Å². The maximum Gasteiger partial charge on any atom is 0.257 e. The van der Waals surface area contributed by atoms with E-state index in [4.69, 9.17) is 0 Å². The van der Waals surface area contributed by atoms with Crippen LogP contribution >= 0.6 is 0 Å². The molecule has 1 aliphatic heterocycles. The monoisotopic (exact) mass is 276 g/mol. The summed E-state index contributed by atoms with van der Waals surface area (Å²) < 4.78 is 0. The van der Waals surface area contributed by atoms with Crippen molar-refractivity contribution in [3.8, 4) is 0 Å². The highest BCUT2D eigenvalue weighted by Crippen LogP contribution is 2.23. The SMILES string of the molecule is CCNc1ncccc1C(=O)N1CCCC1CN(C)C. The number of likely N-dealkylation sites (N-methyl/N-ethyl adjacent to an activating group) is 1. The highest BCUT2D eigenvalue weighted by Gasteiger charge is 2.30. The molecule has 0 bridgehead atoms. The molecular formula is C15H24N4O. The number of anilines is 1. The van der Waals surface area contributed by atoms with Crippen LogP contribution in [0.25, 0.3) is 0 Å². The van der Waals surface area contributed by atoms with Crippen LogP contribution in [0.2, 0.25) is 0 Å². The molecule has 110 valence electrons. The molecular weight excluding hydrogens is 252 g/mol. The molecule has 1 fully saturated rings. The fraction of sp³-hybridized carbons (Fsp3) is 0.600. The Morgan fingerprint density at radius 2 is 2.35 bits per heavy atom. The van der Waals surface area contributed by atoms with Crippen molar-refractivity contribution in [2.45, 2.75) is 25.8 Å². The number of pyridine rings is 1. The Bertz CT molecular complexity index is 461. The van der Waals surface area contributed by atoms with Gasteiger partial charge in [0, 0.05) is 31.9 Å². The number of carbonyl (C=O) groups excluding carboxylic acids is 1. The summed E-state index contributed by atoms with van der Waals surface area (Å²) in [5.41, 5.74) is 0.681. The van der Waals surface area contributed by atoms with Gasteiger partial charge in [-0.25, -0.2) is 4.98 Å². The first-order chi connectivity index (χ1) is 9.63. The first-order valence-electron chi connectivity index (χ1n) is 7.28. The Kier molecular flexibility index (Phi) is 4.95. The Balaban J connectivity index is 2.18. The summed E-state index contributed by atoms with van der Waals surface area (Å²) in [5, 5.41) is 3.17. The fourth-order valence-electron chi connectivity index (χ4n) is 2.76. The van der Waals surface area contributed by atoms with E-state index in [0.29, 0.717) is 17.4 Å². The number of hydrogen-bond acceptors (Lipinski definition) is 4. The number of hydrogen-bond donors (Lipinski definition) is 1. The first kappa shape index (κ1) is 14.8. The van der Waals surface area contributed by atoms with E-state index in [1.165, 1.54) is 0 Å². The van der Waals surface area contributed by atoms with Crippen LogP contribution in [0.3, 0.4) is 0 Å². The molecule has 1 amide bonds. The summed E-state index contributed by atoms with van der Waals surface area (Å²) in [6.07, 6.45) is 3.89. The first-order valence-corrected chi connectivity index (χ1v) is 7.28. The maximum absolute atomic E-state index is 12.8. The summed E-state index contributed by atoms with van der Waals surface area (Å²) in [6.45, 7) is 4.53. The molecule has 1 saturated heterocycles. The molecule has 2 heterocycles. The number of carbonyl (C=O) groups is 1. The zero-order chi connectivity index (χ0) is 14.5. The largest absolute Gasteiger partial charge is 0.370 e. The van der Waals surface area contributed by atoms with E-state index >= 15 is 0 Å². The average molecular weight is 276 g/mol. The highest BCUT2D eigenvalue weighted by atomic mass is 16.2. The van der Waals surface area contributed by atoms with Crippen LogP contribution in [0.4, 0.5) is 5.82 Å². The van der Waals surface area contributed by atoms with Gasteiger partial charge in [-0.05, 0) is 46.0 Å². The van der Waals surface area contributed by atoms with Crippen molar-refractivity contribution >= 4 is 11.7 Å². The molecule has 1 N–H and O–H groups in total. The van der Waals surface area contributed by atoms with Gasteiger partial charge in [0.1, 0.15) is 5.82 Å². The Hall–Kier alpha value is -1.62. The van der Waals surface area contributed by atoms with Crippen molar-refractivity contribution in [1.29, 1.82) is 0 Å². The lowest BCUT2D eigenvalue weighted by molar-refractivity contribution is 0.0717. The molecule has 0 saturated carbocycles. The van der Waals surface area contributed by atoms with Crippen LogP contribution in [0.1, 0.15) is 30.1 Å². The third-order valence-electron chi connectivity index (χ3n) is 3.60. The third-order valence-corrected chi connectivity index (χ3v) is 3.60. The Morgan fingerprint density at radius 3 is 3.05 bits per heavy atom. The van der Waals surface area contributed by atoms with E-state index in [9.17, 15) is 4.79 Å². The van der Waals surface area contributed by atoms with Gasteiger partial charge in [-0.3, -0.25) is 4.79 Å². The van der Waals surface area contributed by atoms with Crippen molar-refractivity contribution in [3.63, 3.8) is 0 Å². The lowest BCUT2D eigenvalue weighted by Crippen LogP contribution is -2.41. The van der Waals surface area contributed by atoms with Gasteiger partial charge in [0.25, 0.3) is 5.91 Å².